The molecule has 2 aromatic rings. The van der Waals surface area contributed by atoms with Crippen molar-refractivity contribution in [1.82, 2.24) is 0 Å². The van der Waals surface area contributed by atoms with E-state index in [1.165, 1.54) is 33.4 Å². The fourth-order valence-corrected chi connectivity index (χ4v) is 2.69. The average molecular weight is 252 g/mol. The van der Waals surface area contributed by atoms with Crippen molar-refractivity contribution in [2.45, 2.75) is 47.0 Å². The molecule has 1 aliphatic rings. The first-order valence-corrected chi connectivity index (χ1v) is 7.38. The molecule has 0 nitrogen and oxygen atoms in total. The normalized spacial score (nSPS) is 11.7. The van der Waals surface area contributed by atoms with Crippen LogP contribution in [0.3, 0.4) is 0 Å². The van der Waals surface area contributed by atoms with Crippen LogP contribution in [-0.2, 0) is 6.42 Å². The van der Waals surface area contributed by atoms with Crippen molar-refractivity contribution in [2.75, 3.05) is 0 Å². The smallest absolute Gasteiger partial charge is 0.00134 e. The van der Waals surface area contributed by atoms with Crippen LogP contribution in [0, 0.1) is 6.92 Å². The molecule has 100 valence electrons. The lowest BCUT2D eigenvalue weighted by Crippen LogP contribution is -1.88. The molecule has 0 atom stereocenters. The SMILES string of the molecule is CC.Cc1ccc2c(c1)Cc1ccc(C(C)C)cc1-2. The van der Waals surface area contributed by atoms with Crippen molar-refractivity contribution < 1.29 is 0 Å². The third kappa shape index (κ3) is 2.58. The summed E-state index contributed by atoms with van der Waals surface area (Å²) in [7, 11) is 0. The fraction of sp³-hybridized carbons (Fsp3) is 0.368. The summed E-state index contributed by atoms with van der Waals surface area (Å²) in [6.45, 7) is 10.7. The average Bonchev–Trinajstić information content (AvgIpc) is 2.77. The molecule has 0 amide bonds. The van der Waals surface area contributed by atoms with Gasteiger partial charge in [0.25, 0.3) is 0 Å². The highest BCUT2D eigenvalue weighted by Gasteiger charge is 2.18. The quantitative estimate of drug-likeness (QED) is 0.520. The molecule has 0 radical (unpaired) electrons. The third-order valence-corrected chi connectivity index (χ3v) is 3.73. The Morgan fingerprint density at radius 2 is 1.58 bits per heavy atom. The number of aryl methyl sites for hydroxylation is 1. The van der Waals surface area contributed by atoms with Crippen molar-refractivity contribution >= 4 is 0 Å². The molecule has 19 heavy (non-hydrogen) atoms. The minimum absolute atomic E-state index is 0.606. The summed E-state index contributed by atoms with van der Waals surface area (Å²) < 4.78 is 0. The molecule has 0 bridgehead atoms. The first-order chi connectivity index (χ1) is 9.15. The maximum absolute atomic E-state index is 2.38. The highest BCUT2D eigenvalue weighted by atomic mass is 14.2. The van der Waals surface area contributed by atoms with Gasteiger partial charge in [0.05, 0.1) is 0 Å². The van der Waals surface area contributed by atoms with Crippen LogP contribution in [-0.4, -0.2) is 0 Å². The Kier molecular flexibility index (Phi) is 4.09. The Morgan fingerprint density at radius 3 is 2.26 bits per heavy atom. The van der Waals surface area contributed by atoms with Crippen LogP contribution < -0.4 is 0 Å². The Bertz CT molecular complexity index is 577. The topological polar surface area (TPSA) is 0 Å². The molecule has 0 heterocycles. The fourth-order valence-electron chi connectivity index (χ4n) is 2.69. The molecular formula is C19H24. The van der Waals surface area contributed by atoms with Gasteiger partial charge in [-0.25, -0.2) is 0 Å². The van der Waals surface area contributed by atoms with E-state index in [4.69, 9.17) is 0 Å². The first kappa shape index (κ1) is 13.9. The van der Waals surface area contributed by atoms with Crippen molar-refractivity contribution in [1.29, 1.82) is 0 Å². The molecule has 1 aliphatic carbocycles. The van der Waals surface area contributed by atoms with E-state index < -0.39 is 0 Å². The van der Waals surface area contributed by atoms with E-state index in [0.29, 0.717) is 5.92 Å². The molecule has 0 aromatic heterocycles. The molecule has 0 heteroatoms. The lowest BCUT2D eigenvalue weighted by molar-refractivity contribution is 0.866. The van der Waals surface area contributed by atoms with Crippen LogP contribution in [0.4, 0.5) is 0 Å². The predicted octanol–water partition coefficient (Wildman–Crippen LogP) is 5.72. The molecule has 0 aliphatic heterocycles. The highest BCUT2D eigenvalue weighted by Crippen LogP contribution is 2.38. The van der Waals surface area contributed by atoms with E-state index in [9.17, 15) is 0 Å². The molecular weight excluding hydrogens is 228 g/mol. The van der Waals surface area contributed by atoms with Gasteiger partial charge in [-0.2, -0.15) is 0 Å². The predicted molar refractivity (Wildman–Crippen MR) is 84.9 cm³/mol. The number of rotatable bonds is 1. The van der Waals surface area contributed by atoms with Crippen molar-refractivity contribution in [2.24, 2.45) is 0 Å². The highest BCUT2D eigenvalue weighted by molar-refractivity contribution is 5.77. The molecule has 0 saturated heterocycles. The van der Waals surface area contributed by atoms with Gasteiger partial charge in [-0.3, -0.25) is 0 Å². The second-order valence-corrected chi connectivity index (χ2v) is 5.41. The summed E-state index contributed by atoms with van der Waals surface area (Å²) in [5.74, 6) is 0.606. The van der Waals surface area contributed by atoms with E-state index in [-0.39, 0.29) is 0 Å². The molecule has 0 fully saturated rings. The molecule has 0 spiro atoms. The van der Waals surface area contributed by atoms with Gasteiger partial charge < -0.3 is 0 Å². The maximum atomic E-state index is 2.38. The first-order valence-electron chi connectivity index (χ1n) is 7.38. The lowest BCUT2D eigenvalue weighted by atomic mass is 9.97. The largest absolute Gasteiger partial charge is 0.0683 e. The summed E-state index contributed by atoms with van der Waals surface area (Å²) in [6.07, 6.45) is 1.10. The summed E-state index contributed by atoms with van der Waals surface area (Å²) >= 11 is 0. The third-order valence-electron chi connectivity index (χ3n) is 3.73. The molecule has 0 unspecified atom stereocenters. The standard InChI is InChI=1S/C17H18.C2H6/c1-11(2)13-5-6-14-9-15-8-12(3)4-7-16(15)17(14)10-13;1-2/h4-8,10-11H,9H2,1-3H3;1-2H3. The summed E-state index contributed by atoms with van der Waals surface area (Å²) in [4.78, 5) is 0. The monoisotopic (exact) mass is 252 g/mol. The molecule has 0 N–H and O–H groups in total. The summed E-state index contributed by atoms with van der Waals surface area (Å²) in [5, 5.41) is 0. The zero-order valence-corrected chi connectivity index (χ0v) is 12.7. The van der Waals surface area contributed by atoms with Crippen molar-refractivity contribution in [3.63, 3.8) is 0 Å². The Morgan fingerprint density at radius 1 is 0.842 bits per heavy atom. The molecule has 2 aromatic carbocycles. The number of hydrogen-bond donors (Lipinski definition) is 0. The van der Waals surface area contributed by atoms with Crippen LogP contribution in [0.5, 0.6) is 0 Å². The van der Waals surface area contributed by atoms with Gasteiger partial charge in [-0.05, 0) is 47.1 Å². The minimum atomic E-state index is 0.606. The second kappa shape index (κ2) is 5.61. The van der Waals surface area contributed by atoms with E-state index in [1.54, 1.807) is 0 Å². The van der Waals surface area contributed by atoms with Crippen LogP contribution in [0.25, 0.3) is 11.1 Å². The van der Waals surface area contributed by atoms with E-state index in [0.717, 1.165) is 6.42 Å². The van der Waals surface area contributed by atoms with Crippen molar-refractivity contribution in [3.8, 4) is 11.1 Å². The zero-order chi connectivity index (χ0) is 14.0. The van der Waals surface area contributed by atoms with Gasteiger partial charge in [0.15, 0.2) is 0 Å². The Hall–Kier alpha value is -1.56. The second-order valence-electron chi connectivity index (χ2n) is 5.41. The van der Waals surface area contributed by atoms with Gasteiger partial charge >= 0.3 is 0 Å². The van der Waals surface area contributed by atoms with Gasteiger partial charge in [0.1, 0.15) is 0 Å². The Labute approximate surface area is 117 Å². The van der Waals surface area contributed by atoms with Gasteiger partial charge in [0, 0.05) is 0 Å². The molecule has 0 saturated carbocycles. The lowest BCUT2D eigenvalue weighted by Gasteiger charge is -2.08. The van der Waals surface area contributed by atoms with Crippen LogP contribution in [0.1, 0.15) is 55.9 Å². The van der Waals surface area contributed by atoms with E-state index in [2.05, 4.69) is 57.2 Å². The molecule has 3 rings (SSSR count). The van der Waals surface area contributed by atoms with Gasteiger partial charge in [-0.1, -0.05) is 69.7 Å². The summed E-state index contributed by atoms with van der Waals surface area (Å²) in [6, 6.07) is 13.8. The summed E-state index contributed by atoms with van der Waals surface area (Å²) in [5.41, 5.74) is 8.66. The van der Waals surface area contributed by atoms with E-state index in [1.807, 2.05) is 13.8 Å². The Balaban J connectivity index is 0.000000637. The van der Waals surface area contributed by atoms with Gasteiger partial charge in [0.2, 0.25) is 0 Å². The van der Waals surface area contributed by atoms with Crippen molar-refractivity contribution in [3.05, 3.63) is 58.7 Å². The van der Waals surface area contributed by atoms with Crippen LogP contribution in [0.15, 0.2) is 36.4 Å². The number of hydrogen-bond acceptors (Lipinski definition) is 0. The zero-order valence-electron chi connectivity index (χ0n) is 12.7. The maximum Gasteiger partial charge on any atom is -0.00134 e. The minimum Gasteiger partial charge on any atom is -0.0683 e. The van der Waals surface area contributed by atoms with Crippen LogP contribution in [0.2, 0.25) is 0 Å². The van der Waals surface area contributed by atoms with Gasteiger partial charge in [-0.15, -0.1) is 0 Å². The number of fused-ring (bicyclic) bond motifs is 3. The van der Waals surface area contributed by atoms with E-state index >= 15 is 0 Å². The number of benzene rings is 2. The van der Waals surface area contributed by atoms with Crippen LogP contribution >= 0.6 is 0 Å².